The molecule has 0 atom stereocenters. The van der Waals surface area contributed by atoms with Gasteiger partial charge in [-0.1, -0.05) is 17.7 Å². The van der Waals surface area contributed by atoms with Gasteiger partial charge in [0.25, 0.3) is 0 Å². The number of rotatable bonds is 8. The van der Waals surface area contributed by atoms with E-state index in [9.17, 15) is 0 Å². The van der Waals surface area contributed by atoms with Gasteiger partial charge in [0.2, 0.25) is 0 Å². The molecule has 0 amide bonds. The van der Waals surface area contributed by atoms with E-state index < -0.39 is 0 Å². The first kappa shape index (κ1) is 24.0. The molecule has 1 heterocycles. The monoisotopic (exact) mass is 490 g/mol. The summed E-state index contributed by atoms with van der Waals surface area (Å²) in [6.45, 7) is 8.67. The van der Waals surface area contributed by atoms with E-state index in [4.69, 9.17) is 14.5 Å². The smallest absolute Gasteiger partial charge is 0.191 e. The van der Waals surface area contributed by atoms with Crippen molar-refractivity contribution in [2.45, 2.75) is 32.2 Å². The molecular weight excluding hydrogens is 455 g/mol. The minimum atomic E-state index is 0. The summed E-state index contributed by atoms with van der Waals surface area (Å²) in [6.07, 6.45) is 2.03. The Kier molecular flexibility index (Phi) is 11.0. The minimum Gasteiger partial charge on any atom is -0.492 e. The van der Waals surface area contributed by atoms with Crippen molar-refractivity contribution in [3.63, 3.8) is 0 Å². The molecule has 2 rings (SSSR count). The molecule has 1 aromatic rings. The zero-order chi connectivity index (χ0) is 18.8. The Morgan fingerprint density at radius 2 is 1.85 bits per heavy atom. The van der Waals surface area contributed by atoms with Gasteiger partial charge in [0.1, 0.15) is 12.4 Å². The maximum atomic E-state index is 5.77. The summed E-state index contributed by atoms with van der Waals surface area (Å²) in [6, 6.07) is 8.12. The second kappa shape index (κ2) is 12.4. The van der Waals surface area contributed by atoms with Gasteiger partial charge in [0.15, 0.2) is 5.96 Å². The molecule has 0 spiro atoms. The van der Waals surface area contributed by atoms with E-state index in [2.05, 4.69) is 55.6 Å². The molecule has 0 aromatic heterocycles. The van der Waals surface area contributed by atoms with Crippen LogP contribution in [0.3, 0.4) is 0 Å². The number of halogens is 1. The number of aliphatic imine (C=N–C) groups is 1. The summed E-state index contributed by atoms with van der Waals surface area (Å²) >= 11 is 0. The first-order valence-electron chi connectivity index (χ1n) is 9.52. The third-order valence-corrected chi connectivity index (χ3v) is 4.93. The molecule has 6 nitrogen and oxygen atoms in total. The number of hydrogen-bond donors (Lipinski definition) is 2. The number of hydrogen-bond acceptors (Lipinski definition) is 4. The van der Waals surface area contributed by atoms with Crippen LogP contribution < -0.4 is 15.4 Å². The summed E-state index contributed by atoms with van der Waals surface area (Å²) in [5, 5.41) is 6.68. The highest BCUT2D eigenvalue weighted by atomic mass is 127. The summed E-state index contributed by atoms with van der Waals surface area (Å²) in [5.74, 6) is 1.74. The van der Waals surface area contributed by atoms with E-state index in [1.807, 2.05) is 12.1 Å². The van der Waals surface area contributed by atoms with Crippen molar-refractivity contribution in [3.8, 4) is 5.75 Å². The zero-order valence-corrected chi connectivity index (χ0v) is 19.4. The van der Waals surface area contributed by atoms with E-state index >= 15 is 0 Å². The molecule has 0 unspecified atom stereocenters. The number of guanidine groups is 1. The highest BCUT2D eigenvalue weighted by molar-refractivity contribution is 14.0. The third kappa shape index (κ3) is 7.83. The molecule has 0 radical (unpaired) electrons. The lowest BCUT2D eigenvalue weighted by Gasteiger charge is -2.41. The molecule has 1 aliphatic rings. The van der Waals surface area contributed by atoms with Gasteiger partial charge in [0, 0.05) is 25.3 Å². The molecule has 1 aliphatic heterocycles. The van der Waals surface area contributed by atoms with Crippen molar-refractivity contribution >= 4 is 29.9 Å². The highest BCUT2D eigenvalue weighted by Crippen LogP contribution is 2.26. The summed E-state index contributed by atoms with van der Waals surface area (Å²) in [4.78, 5) is 7.12. The Labute approximate surface area is 181 Å². The summed E-state index contributed by atoms with van der Waals surface area (Å²) in [5.41, 5.74) is 1.32. The van der Waals surface area contributed by atoms with Crippen LogP contribution in [0.5, 0.6) is 5.75 Å². The second-order valence-electron chi connectivity index (χ2n) is 7.01. The van der Waals surface area contributed by atoms with Crippen molar-refractivity contribution in [1.29, 1.82) is 0 Å². The number of nitrogens with one attached hydrogen (secondary N) is 2. The Hall–Kier alpha value is -1.06. The van der Waals surface area contributed by atoms with E-state index in [1.54, 1.807) is 0 Å². The van der Waals surface area contributed by atoms with Gasteiger partial charge in [-0.05, 0) is 52.9 Å². The van der Waals surface area contributed by atoms with Crippen LogP contribution >= 0.6 is 24.0 Å². The Morgan fingerprint density at radius 3 is 2.44 bits per heavy atom. The molecular formula is C20H35IN4O2. The zero-order valence-electron chi connectivity index (χ0n) is 17.1. The molecule has 7 heteroatoms. The molecule has 0 aliphatic carbocycles. The van der Waals surface area contributed by atoms with E-state index in [0.29, 0.717) is 13.2 Å². The number of likely N-dealkylation sites (N-methyl/N-ethyl adjacent to an activating group) is 1. The van der Waals surface area contributed by atoms with Gasteiger partial charge >= 0.3 is 0 Å². The number of ether oxygens (including phenoxy) is 2. The Bertz CT molecular complexity index is 558. The lowest BCUT2D eigenvalue weighted by Crippen LogP contribution is -2.52. The van der Waals surface area contributed by atoms with Crippen LogP contribution in [-0.4, -0.2) is 69.9 Å². The molecule has 1 saturated heterocycles. The molecule has 27 heavy (non-hydrogen) atoms. The van der Waals surface area contributed by atoms with Crippen LogP contribution in [-0.2, 0) is 4.74 Å². The molecule has 1 aromatic carbocycles. The lowest BCUT2D eigenvalue weighted by atomic mass is 9.89. The van der Waals surface area contributed by atoms with Crippen LogP contribution in [0.1, 0.15) is 25.3 Å². The largest absolute Gasteiger partial charge is 0.492 e. The first-order valence-corrected chi connectivity index (χ1v) is 9.52. The number of nitrogens with zero attached hydrogens (tertiary/aromatic N) is 2. The van der Waals surface area contributed by atoms with Crippen LogP contribution in [0.25, 0.3) is 0 Å². The van der Waals surface area contributed by atoms with Gasteiger partial charge in [-0.3, -0.25) is 4.99 Å². The molecule has 2 N–H and O–H groups in total. The van der Waals surface area contributed by atoms with E-state index in [-0.39, 0.29) is 29.5 Å². The lowest BCUT2D eigenvalue weighted by molar-refractivity contribution is -0.00254. The van der Waals surface area contributed by atoms with Gasteiger partial charge < -0.3 is 25.0 Å². The number of benzene rings is 1. The maximum absolute atomic E-state index is 5.77. The predicted octanol–water partition coefficient (Wildman–Crippen LogP) is 2.66. The van der Waals surface area contributed by atoms with Crippen molar-refractivity contribution in [1.82, 2.24) is 15.5 Å². The van der Waals surface area contributed by atoms with Crippen molar-refractivity contribution in [2.75, 3.05) is 53.6 Å². The van der Waals surface area contributed by atoms with Crippen LogP contribution in [0.4, 0.5) is 0 Å². The average Bonchev–Trinajstić information content (AvgIpc) is 2.65. The van der Waals surface area contributed by atoms with E-state index in [1.165, 1.54) is 5.56 Å². The van der Waals surface area contributed by atoms with Gasteiger partial charge in [-0.2, -0.15) is 0 Å². The Morgan fingerprint density at radius 1 is 1.19 bits per heavy atom. The molecule has 0 saturated carbocycles. The SMILES string of the molecule is CCNC(=NCC1(N(C)C)CCOCC1)NCCOc1ccc(C)cc1.I. The van der Waals surface area contributed by atoms with Gasteiger partial charge in [-0.25, -0.2) is 0 Å². The minimum absolute atomic E-state index is 0. The molecule has 0 bridgehead atoms. The maximum Gasteiger partial charge on any atom is 0.191 e. The van der Waals surface area contributed by atoms with Crippen molar-refractivity contribution in [3.05, 3.63) is 29.8 Å². The van der Waals surface area contributed by atoms with Crippen LogP contribution in [0.2, 0.25) is 0 Å². The average molecular weight is 490 g/mol. The van der Waals surface area contributed by atoms with Crippen molar-refractivity contribution in [2.24, 2.45) is 4.99 Å². The fourth-order valence-corrected chi connectivity index (χ4v) is 3.04. The van der Waals surface area contributed by atoms with Crippen molar-refractivity contribution < 1.29 is 9.47 Å². The third-order valence-electron chi connectivity index (χ3n) is 4.93. The summed E-state index contributed by atoms with van der Waals surface area (Å²) < 4.78 is 11.3. The summed E-state index contributed by atoms with van der Waals surface area (Å²) in [7, 11) is 4.27. The number of aryl methyl sites for hydroxylation is 1. The van der Waals surface area contributed by atoms with Gasteiger partial charge in [-0.15, -0.1) is 24.0 Å². The molecule has 154 valence electrons. The van der Waals surface area contributed by atoms with Crippen LogP contribution in [0, 0.1) is 6.92 Å². The quantitative estimate of drug-likeness (QED) is 0.254. The Balaban J connectivity index is 0.00000364. The first-order chi connectivity index (χ1) is 12.6. The topological polar surface area (TPSA) is 58.1 Å². The fourth-order valence-electron chi connectivity index (χ4n) is 3.04. The van der Waals surface area contributed by atoms with Gasteiger partial charge in [0.05, 0.1) is 13.1 Å². The molecule has 1 fully saturated rings. The fraction of sp³-hybridized carbons (Fsp3) is 0.650. The standard InChI is InChI=1S/C20H34N4O2.HI/c1-5-21-19(22-12-15-26-18-8-6-17(2)7-9-18)23-16-20(24(3)4)10-13-25-14-11-20;/h6-9H,5,10-16H2,1-4H3,(H2,21,22,23);1H. The normalized spacial score (nSPS) is 16.6. The predicted molar refractivity (Wildman–Crippen MR) is 123 cm³/mol. The second-order valence-corrected chi connectivity index (χ2v) is 7.01. The van der Waals surface area contributed by atoms with E-state index in [0.717, 1.165) is 50.9 Å². The van der Waals surface area contributed by atoms with Crippen LogP contribution in [0.15, 0.2) is 29.3 Å². The highest BCUT2D eigenvalue weighted by Gasteiger charge is 2.34.